The molecule has 6 heteroatoms. The first-order chi connectivity index (χ1) is 9.34. The van der Waals surface area contributed by atoms with Gasteiger partial charge in [0, 0.05) is 5.56 Å². The van der Waals surface area contributed by atoms with Gasteiger partial charge < -0.3 is 48.1 Å². The summed E-state index contributed by atoms with van der Waals surface area (Å²) in [5.74, 6) is 1.29. The molecule has 21 heavy (non-hydrogen) atoms. The third-order valence-corrected chi connectivity index (χ3v) is 4.68. The van der Waals surface area contributed by atoms with Crippen LogP contribution >= 0.6 is 0 Å². The molecule has 0 aliphatic carbocycles. The molecule has 0 saturated carbocycles. The summed E-state index contributed by atoms with van der Waals surface area (Å²) in [4.78, 5) is 0. The molecule has 0 spiro atoms. The molecular formula is C15H24INO4. The van der Waals surface area contributed by atoms with E-state index in [0.29, 0.717) is 16.0 Å². The van der Waals surface area contributed by atoms with E-state index in [1.807, 2.05) is 39.2 Å². The van der Waals surface area contributed by atoms with Gasteiger partial charge in [-0.05, 0) is 25.1 Å². The summed E-state index contributed by atoms with van der Waals surface area (Å²) in [5, 5.41) is 20.5. The number of rotatable bonds is 3. The zero-order valence-corrected chi connectivity index (χ0v) is 15.2. The highest BCUT2D eigenvalue weighted by atomic mass is 127. The first kappa shape index (κ1) is 18.5. The fourth-order valence-electron chi connectivity index (χ4n) is 3.13. The van der Waals surface area contributed by atoms with E-state index in [2.05, 4.69) is 0 Å². The Morgan fingerprint density at radius 3 is 2.00 bits per heavy atom. The van der Waals surface area contributed by atoms with Crippen LogP contribution in [0.25, 0.3) is 0 Å². The van der Waals surface area contributed by atoms with Gasteiger partial charge in [-0.15, -0.1) is 0 Å². The molecule has 2 rings (SSSR count). The third kappa shape index (κ3) is 2.99. The van der Waals surface area contributed by atoms with Crippen LogP contribution in [0.5, 0.6) is 11.5 Å². The van der Waals surface area contributed by atoms with Crippen LogP contribution in [0, 0.1) is 0 Å². The van der Waals surface area contributed by atoms with Crippen molar-refractivity contribution in [2.24, 2.45) is 0 Å². The molecule has 0 bridgehead atoms. The summed E-state index contributed by atoms with van der Waals surface area (Å²) in [5.41, 5.74) is 0.934. The number of aliphatic hydroxyl groups is 2. The maximum atomic E-state index is 10.4. The summed E-state index contributed by atoms with van der Waals surface area (Å²) in [6.07, 6.45) is -1.53. The molecule has 1 saturated heterocycles. The van der Waals surface area contributed by atoms with Gasteiger partial charge in [0.1, 0.15) is 24.3 Å². The Balaban J connectivity index is 0.00000220. The Labute approximate surface area is 143 Å². The SMILES string of the molecule is COc1ccc([C@H]2[C@@H](O)[C@H](O)C(C)[N+]2(C)C)cc1OC.[I-]. The first-order valence-corrected chi connectivity index (χ1v) is 6.76. The molecule has 0 aromatic heterocycles. The van der Waals surface area contributed by atoms with E-state index in [-0.39, 0.29) is 36.1 Å². The Bertz CT molecular complexity index is 495. The summed E-state index contributed by atoms with van der Waals surface area (Å²) in [7, 11) is 7.22. The van der Waals surface area contributed by atoms with Gasteiger partial charge in [0.2, 0.25) is 0 Å². The lowest BCUT2D eigenvalue weighted by molar-refractivity contribution is -0.931. The van der Waals surface area contributed by atoms with Gasteiger partial charge in [0.05, 0.1) is 28.3 Å². The maximum Gasteiger partial charge on any atom is 0.161 e. The number of methoxy groups -OCH3 is 2. The normalized spacial score (nSPS) is 30.6. The minimum atomic E-state index is -0.793. The van der Waals surface area contributed by atoms with E-state index in [0.717, 1.165) is 5.56 Å². The van der Waals surface area contributed by atoms with E-state index in [4.69, 9.17) is 9.47 Å². The molecule has 1 aromatic rings. The Kier molecular flexibility index (Phi) is 5.88. The van der Waals surface area contributed by atoms with Gasteiger partial charge in [0.25, 0.3) is 0 Å². The lowest BCUT2D eigenvalue weighted by Crippen LogP contribution is -3.00. The molecule has 1 heterocycles. The second kappa shape index (κ2) is 6.68. The molecule has 0 radical (unpaired) electrons. The summed E-state index contributed by atoms with van der Waals surface area (Å²) in [6.45, 7) is 1.95. The quantitative estimate of drug-likeness (QED) is 0.446. The molecule has 1 unspecified atom stereocenters. The molecule has 1 aliphatic rings. The van der Waals surface area contributed by atoms with Gasteiger partial charge in [-0.25, -0.2) is 0 Å². The standard InChI is InChI=1S/C15H24NO4.HI/c1-9-14(17)15(18)13(16(9,2)3)10-6-7-11(19-4)12(8-10)20-5;/h6-9,13-15,17-18H,1-5H3;1H/q+1;/p-1/t9?,13-,14+,15+;/m0./s1. The van der Waals surface area contributed by atoms with Gasteiger partial charge >= 0.3 is 0 Å². The predicted octanol–water partition coefficient (Wildman–Crippen LogP) is -2.05. The van der Waals surface area contributed by atoms with Crippen LogP contribution in [-0.4, -0.2) is 61.3 Å². The van der Waals surface area contributed by atoms with Crippen molar-refractivity contribution in [1.82, 2.24) is 0 Å². The summed E-state index contributed by atoms with van der Waals surface area (Å²) < 4.78 is 11.1. The maximum absolute atomic E-state index is 10.4. The first-order valence-electron chi connectivity index (χ1n) is 6.76. The van der Waals surface area contributed by atoms with Crippen LogP contribution in [0.3, 0.4) is 0 Å². The van der Waals surface area contributed by atoms with Crippen molar-refractivity contribution in [2.75, 3.05) is 28.3 Å². The number of benzene rings is 1. The molecule has 5 nitrogen and oxygen atoms in total. The number of halogens is 1. The average Bonchev–Trinajstić information content (AvgIpc) is 2.58. The minimum absolute atomic E-state index is 0. The average molecular weight is 409 g/mol. The van der Waals surface area contributed by atoms with Crippen LogP contribution in [0.1, 0.15) is 18.5 Å². The van der Waals surface area contributed by atoms with Crippen molar-refractivity contribution < 1.29 is 48.1 Å². The van der Waals surface area contributed by atoms with Crippen molar-refractivity contribution in [3.63, 3.8) is 0 Å². The molecule has 1 fully saturated rings. The van der Waals surface area contributed by atoms with Crippen molar-refractivity contribution >= 4 is 0 Å². The summed E-state index contributed by atoms with van der Waals surface area (Å²) >= 11 is 0. The fourth-order valence-corrected chi connectivity index (χ4v) is 3.13. The van der Waals surface area contributed by atoms with Gasteiger partial charge in [-0.2, -0.15) is 0 Å². The van der Waals surface area contributed by atoms with Crippen LogP contribution in [0.2, 0.25) is 0 Å². The lowest BCUT2D eigenvalue weighted by Gasteiger charge is -2.36. The van der Waals surface area contributed by atoms with Crippen LogP contribution in [-0.2, 0) is 0 Å². The molecule has 1 aromatic carbocycles. The number of hydrogen-bond acceptors (Lipinski definition) is 4. The predicted molar refractivity (Wildman–Crippen MR) is 75.9 cm³/mol. The molecule has 1 aliphatic heterocycles. The highest BCUT2D eigenvalue weighted by Crippen LogP contribution is 2.42. The second-order valence-corrected chi connectivity index (χ2v) is 5.91. The lowest BCUT2D eigenvalue weighted by atomic mass is 10.00. The topological polar surface area (TPSA) is 58.9 Å². The number of ether oxygens (including phenoxy) is 2. The van der Waals surface area contributed by atoms with Crippen molar-refractivity contribution in [2.45, 2.75) is 31.2 Å². The molecule has 120 valence electrons. The van der Waals surface area contributed by atoms with Gasteiger partial charge in [-0.1, -0.05) is 0 Å². The van der Waals surface area contributed by atoms with Crippen LogP contribution in [0.4, 0.5) is 0 Å². The van der Waals surface area contributed by atoms with E-state index in [9.17, 15) is 10.2 Å². The van der Waals surface area contributed by atoms with Gasteiger partial charge in [0.15, 0.2) is 11.5 Å². The fraction of sp³-hybridized carbons (Fsp3) is 0.600. The van der Waals surface area contributed by atoms with Gasteiger partial charge in [-0.3, -0.25) is 0 Å². The zero-order chi connectivity index (χ0) is 15.1. The van der Waals surface area contributed by atoms with E-state index in [1.54, 1.807) is 14.2 Å². The Morgan fingerprint density at radius 2 is 1.57 bits per heavy atom. The van der Waals surface area contributed by atoms with Crippen molar-refractivity contribution in [3.8, 4) is 11.5 Å². The highest BCUT2D eigenvalue weighted by molar-refractivity contribution is 5.44. The number of likely N-dealkylation sites (tertiary alicyclic amines) is 1. The number of aliphatic hydroxyl groups excluding tert-OH is 2. The minimum Gasteiger partial charge on any atom is -1.00 e. The molecule has 4 atom stereocenters. The van der Waals surface area contributed by atoms with E-state index >= 15 is 0 Å². The smallest absolute Gasteiger partial charge is 0.161 e. The largest absolute Gasteiger partial charge is 1.00 e. The number of likely N-dealkylation sites (N-methyl/N-ethyl adjacent to an activating group) is 1. The van der Waals surface area contributed by atoms with E-state index in [1.165, 1.54) is 0 Å². The monoisotopic (exact) mass is 409 g/mol. The molecule has 0 amide bonds. The Morgan fingerprint density at radius 1 is 1.00 bits per heavy atom. The third-order valence-electron chi connectivity index (χ3n) is 4.68. The number of nitrogens with zero attached hydrogens (tertiary/aromatic N) is 1. The van der Waals surface area contributed by atoms with E-state index < -0.39 is 12.2 Å². The van der Waals surface area contributed by atoms with Crippen LogP contribution < -0.4 is 33.5 Å². The summed E-state index contributed by atoms with van der Waals surface area (Å²) in [6, 6.07) is 5.39. The van der Waals surface area contributed by atoms with Crippen molar-refractivity contribution in [3.05, 3.63) is 23.8 Å². The second-order valence-electron chi connectivity index (χ2n) is 5.91. The zero-order valence-electron chi connectivity index (χ0n) is 13.1. The molecule has 2 N–H and O–H groups in total. The number of hydrogen-bond donors (Lipinski definition) is 2. The molecular weight excluding hydrogens is 385 g/mol. The Hall–Kier alpha value is -0.570. The van der Waals surface area contributed by atoms with Crippen molar-refractivity contribution in [1.29, 1.82) is 0 Å². The van der Waals surface area contributed by atoms with Crippen LogP contribution in [0.15, 0.2) is 18.2 Å². The highest BCUT2D eigenvalue weighted by Gasteiger charge is 2.54. The number of quaternary nitrogens is 1.